The van der Waals surface area contributed by atoms with Crippen LogP contribution in [-0.2, 0) is 9.59 Å². The number of hydrogen-bond acceptors (Lipinski definition) is 5. The van der Waals surface area contributed by atoms with E-state index in [1.807, 2.05) is 32.0 Å². The van der Waals surface area contributed by atoms with Gasteiger partial charge in [-0.3, -0.25) is 19.7 Å². The molecule has 0 saturated carbocycles. The summed E-state index contributed by atoms with van der Waals surface area (Å²) in [6.07, 6.45) is 0.645. The number of nitro benzene ring substituents is 1. The van der Waals surface area contributed by atoms with Crippen molar-refractivity contribution in [3.63, 3.8) is 0 Å². The molecular weight excluding hydrogens is 360 g/mol. The van der Waals surface area contributed by atoms with Crippen LogP contribution in [0.2, 0.25) is 0 Å². The van der Waals surface area contributed by atoms with Crippen LogP contribution in [0.3, 0.4) is 0 Å². The van der Waals surface area contributed by atoms with Gasteiger partial charge in [0.2, 0.25) is 0 Å². The Morgan fingerprint density at radius 3 is 2.54 bits per heavy atom. The van der Waals surface area contributed by atoms with Gasteiger partial charge >= 0.3 is 0 Å². The number of carbonyl (C=O) groups excluding carboxylic acids is 2. The number of aliphatic hydroxyl groups excluding tert-OH is 1. The van der Waals surface area contributed by atoms with E-state index >= 15 is 0 Å². The fourth-order valence-electron chi connectivity index (χ4n) is 3.46. The van der Waals surface area contributed by atoms with Crippen molar-refractivity contribution < 1.29 is 19.6 Å². The Bertz CT molecular complexity index is 996. The molecule has 3 rings (SSSR count). The molecule has 1 N–H and O–H groups in total. The van der Waals surface area contributed by atoms with Gasteiger partial charge < -0.3 is 10.0 Å². The topological polar surface area (TPSA) is 101 Å². The van der Waals surface area contributed by atoms with E-state index < -0.39 is 28.4 Å². The summed E-state index contributed by atoms with van der Waals surface area (Å²) in [5.41, 5.74) is 1.53. The van der Waals surface area contributed by atoms with Crippen LogP contribution in [0, 0.1) is 17.0 Å². The lowest BCUT2D eigenvalue weighted by Gasteiger charge is -2.25. The Morgan fingerprint density at radius 1 is 1.18 bits per heavy atom. The Morgan fingerprint density at radius 2 is 1.89 bits per heavy atom. The highest BCUT2D eigenvalue weighted by Crippen LogP contribution is 2.39. The summed E-state index contributed by atoms with van der Waals surface area (Å²) < 4.78 is 0. The maximum absolute atomic E-state index is 12.7. The fourth-order valence-corrected chi connectivity index (χ4v) is 3.46. The second-order valence-corrected chi connectivity index (χ2v) is 6.71. The smallest absolute Gasteiger partial charge is 0.295 e. The summed E-state index contributed by atoms with van der Waals surface area (Å²) in [7, 11) is 0. The largest absolute Gasteiger partial charge is 0.507 e. The Labute approximate surface area is 162 Å². The summed E-state index contributed by atoms with van der Waals surface area (Å²) in [5.74, 6) is -1.88. The number of nitro groups is 1. The van der Waals surface area contributed by atoms with Gasteiger partial charge in [-0.25, -0.2) is 0 Å². The van der Waals surface area contributed by atoms with Gasteiger partial charge in [-0.2, -0.15) is 0 Å². The number of non-ortho nitro benzene ring substituents is 1. The van der Waals surface area contributed by atoms with Crippen LogP contribution in [-0.4, -0.2) is 33.2 Å². The Hall–Kier alpha value is -3.48. The van der Waals surface area contributed by atoms with Crippen molar-refractivity contribution in [2.75, 3.05) is 6.54 Å². The molecule has 1 heterocycles. The van der Waals surface area contributed by atoms with Gasteiger partial charge in [-0.05, 0) is 18.9 Å². The summed E-state index contributed by atoms with van der Waals surface area (Å²) in [6.45, 7) is 4.15. The van der Waals surface area contributed by atoms with Crippen molar-refractivity contribution >= 4 is 23.1 Å². The second-order valence-electron chi connectivity index (χ2n) is 6.71. The average molecular weight is 380 g/mol. The quantitative estimate of drug-likeness (QED) is 0.280. The number of benzene rings is 2. The van der Waals surface area contributed by atoms with E-state index in [4.69, 9.17) is 0 Å². The number of likely N-dealkylation sites (tertiary alicyclic amines) is 1. The first-order valence-corrected chi connectivity index (χ1v) is 8.95. The Kier molecular flexibility index (Phi) is 5.26. The van der Waals surface area contributed by atoms with Gasteiger partial charge in [0.1, 0.15) is 5.76 Å². The minimum atomic E-state index is -0.788. The first-order chi connectivity index (χ1) is 13.3. The van der Waals surface area contributed by atoms with Crippen molar-refractivity contribution in [1.29, 1.82) is 0 Å². The number of ketones is 1. The van der Waals surface area contributed by atoms with Crippen LogP contribution < -0.4 is 0 Å². The number of Topliss-reactive ketones (excluding diaryl/α,β-unsaturated/α-hetero) is 1. The van der Waals surface area contributed by atoms with Crippen LogP contribution in [0.15, 0.2) is 54.1 Å². The van der Waals surface area contributed by atoms with Crippen LogP contribution in [0.25, 0.3) is 5.76 Å². The molecule has 144 valence electrons. The monoisotopic (exact) mass is 380 g/mol. The molecule has 1 unspecified atom stereocenters. The van der Waals surface area contributed by atoms with Gasteiger partial charge in [0.05, 0.1) is 16.5 Å². The van der Waals surface area contributed by atoms with Crippen molar-refractivity contribution in [2.45, 2.75) is 26.3 Å². The van der Waals surface area contributed by atoms with E-state index in [0.717, 1.165) is 5.56 Å². The third-order valence-electron chi connectivity index (χ3n) is 4.69. The SMILES string of the molecule is CCCN1C(=O)C(=O)/C(=C(\O)c2cccc([N+](=O)[O-])c2)C1c1cccc(C)c1. The van der Waals surface area contributed by atoms with Crippen molar-refractivity contribution in [2.24, 2.45) is 0 Å². The number of amides is 1. The molecule has 1 amide bonds. The lowest BCUT2D eigenvalue weighted by atomic mass is 9.94. The maximum atomic E-state index is 12.7. The van der Waals surface area contributed by atoms with Gasteiger partial charge in [-0.15, -0.1) is 0 Å². The summed E-state index contributed by atoms with van der Waals surface area (Å²) >= 11 is 0. The molecule has 2 aromatic carbocycles. The number of nitrogens with zero attached hydrogens (tertiary/aromatic N) is 2. The lowest BCUT2D eigenvalue weighted by molar-refractivity contribution is -0.384. The van der Waals surface area contributed by atoms with Gasteiger partial charge in [-0.1, -0.05) is 48.9 Å². The molecule has 0 bridgehead atoms. The van der Waals surface area contributed by atoms with Crippen LogP contribution in [0.5, 0.6) is 0 Å². The molecule has 0 radical (unpaired) electrons. The van der Waals surface area contributed by atoms with Crippen molar-refractivity contribution in [3.8, 4) is 0 Å². The fraction of sp³-hybridized carbons (Fsp3) is 0.238. The van der Waals surface area contributed by atoms with Crippen molar-refractivity contribution in [3.05, 3.63) is 80.9 Å². The third kappa shape index (κ3) is 3.38. The molecule has 0 aliphatic carbocycles. The van der Waals surface area contributed by atoms with Crippen LogP contribution in [0.1, 0.15) is 36.1 Å². The van der Waals surface area contributed by atoms with E-state index in [0.29, 0.717) is 18.5 Å². The molecule has 1 fully saturated rings. The zero-order valence-electron chi connectivity index (χ0n) is 15.6. The molecule has 1 atom stereocenters. The normalized spacial score (nSPS) is 18.5. The van der Waals surface area contributed by atoms with E-state index in [1.165, 1.54) is 29.2 Å². The number of rotatable bonds is 5. The molecule has 1 saturated heterocycles. The van der Waals surface area contributed by atoms with E-state index in [2.05, 4.69) is 0 Å². The van der Waals surface area contributed by atoms with E-state index in [1.54, 1.807) is 6.07 Å². The number of aliphatic hydroxyl groups is 1. The second kappa shape index (κ2) is 7.64. The highest BCUT2D eigenvalue weighted by atomic mass is 16.6. The van der Waals surface area contributed by atoms with Gasteiger partial charge in [0.15, 0.2) is 0 Å². The molecule has 7 nitrogen and oxygen atoms in total. The summed E-state index contributed by atoms with van der Waals surface area (Å²) in [6, 6.07) is 12.0. The highest BCUT2D eigenvalue weighted by molar-refractivity contribution is 6.46. The zero-order chi connectivity index (χ0) is 20.4. The molecule has 0 spiro atoms. The van der Waals surface area contributed by atoms with Gasteiger partial charge in [0, 0.05) is 24.2 Å². The predicted octanol–water partition coefficient (Wildman–Crippen LogP) is 3.73. The first kappa shape index (κ1) is 19.3. The minimum absolute atomic E-state index is 0.0513. The predicted molar refractivity (Wildman–Crippen MR) is 104 cm³/mol. The minimum Gasteiger partial charge on any atom is -0.507 e. The molecule has 28 heavy (non-hydrogen) atoms. The number of hydrogen-bond donors (Lipinski definition) is 1. The molecule has 1 aliphatic heterocycles. The van der Waals surface area contributed by atoms with Crippen LogP contribution >= 0.6 is 0 Å². The number of aryl methyl sites for hydroxylation is 1. The average Bonchev–Trinajstić information content (AvgIpc) is 2.93. The standard InChI is InChI=1S/C21H20N2O5/c1-3-10-22-18(14-7-4-6-13(2)11-14)17(20(25)21(22)26)19(24)15-8-5-9-16(12-15)23(27)28/h4-9,11-12,18,24H,3,10H2,1-2H3/b19-17-. The lowest BCUT2D eigenvalue weighted by Crippen LogP contribution is -2.30. The highest BCUT2D eigenvalue weighted by Gasteiger charge is 2.45. The number of carbonyl (C=O) groups is 2. The molecular formula is C21H20N2O5. The summed E-state index contributed by atoms with van der Waals surface area (Å²) in [4.78, 5) is 37.3. The zero-order valence-corrected chi connectivity index (χ0v) is 15.6. The molecule has 2 aromatic rings. The van der Waals surface area contributed by atoms with Gasteiger partial charge in [0.25, 0.3) is 17.4 Å². The Balaban J connectivity index is 2.21. The van der Waals surface area contributed by atoms with E-state index in [-0.39, 0.29) is 16.8 Å². The first-order valence-electron chi connectivity index (χ1n) is 8.95. The maximum Gasteiger partial charge on any atom is 0.295 e. The van der Waals surface area contributed by atoms with E-state index in [9.17, 15) is 24.8 Å². The van der Waals surface area contributed by atoms with Crippen LogP contribution in [0.4, 0.5) is 5.69 Å². The molecule has 7 heteroatoms. The molecule has 1 aliphatic rings. The summed E-state index contributed by atoms with van der Waals surface area (Å²) in [5, 5.41) is 21.9. The van der Waals surface area contributed by atoms with Crippen molar-refractivity contribution in [1.82, 2.24) is 4.90 Å². The third-order valence-corrected chi connectivity index (χ3v) is 4.69. The molecule has 0 aromatic heterocycles.